The molecule has 2 aromatic heterocycles. The van der Waals surface area contributed by atoms with Gasteiger partial charge in [-0.1, -0.05) is 6.07 Å². The molecule has 164 valence electrons. The van der Waals surface area contributed by atoms with Crippen LogP contribution in [-0.2, 0) is 17.5 Å². The van der Waals surface area contributed by atoms with Crippen LogP contribution in [0.3, 0.4) is 0 Å². The summed E-state index contributed by atoms with van der Waals surface area (Å²) in [6.45, 7) is 4.81. The highest BCUT2D eigenvalue weighted by Crippen LogP contribution is 2.33. The first-order chi connectivity index (χ1) is 14.7. The summed E-state index contributed by atoms with van der Waals surface area (Å²) in [5.41, 5.74) is 6.14. The Morgan fingerprint density at radius 3 is 2.61 bits per heavy atom. The van der Waals surface area contributed by atoms with Crippen molar-refractivity contribution >= 4 is 27.5 Å². The summed E-state index contributed by atoms with van der Waals surface area (Å²) in [7, 11) is 2.10. The van der Waals surface area contributed by atoms with E-state index in [1.807, 2.05) is 18.2 Å². The quantitative estimate of drug-likeness (QED) is 0.643. The second-order valence-electron chi connectivity index (χ2n) is 7.57. The van der Waals surface area contributed by atoms with Gasteiger partial charge < -0.3 is 10.6 Å². The Bertz CT molecular complexity index is 1090. The van der Waals surface area contributed by atoms with Crippen molar-refractivity contribution in [3.05, 3.63) is 52.6 Å². The molecule has 31 heavy (non-hydrogen) atoms. The molecule has 0 spiro atoms. The topological polar surface area (TPSA) is 88.2 Å². The molecule has 3 heterocycles. The number of aromatic nitrogens is 3. The maximum absolute atomic E-state index is 13.0. The molecule has 1 aliphatic heterocycles. The zero-order valence-electron chi connectivity index (χ0n) is 16.8. The molecule has 1 atom stereocenters. The van der Waals surface area contributed by atoms with E-state index in [9.17, 15) is 18.0 Å². The molecule has 1 aromatic carbocycles. The van der Waals surface area contributed by atoms with Gasteiger partial charge in [0.2, 0.25) is 5.91 Å². The number of thiazole rings is 1. The maximum Gasteiger partial charge on any atom is 0.433 e. The van der Waals surface area contributed by atoms with E-state index in [0.717, 1.165) is 55.3 Å². The number of carbonyl (C=O) groups is 1. The Morgan fingerprint density at radius 1 is 1.19 bits per heavy atom. The van der Waals surface area contributed by atoms with Gasteiger partial charge in [0.15, 0.2) is 0 Å². The summed E-state index contributed by atoms with van der Waals surface area (Å²) >= 11 is 1.22. The number of nitrogens with zero attached hydrogens (tertiary/aromatic N) is 5. The van der Waals surface area contributed by atoms with Crippen molar-refractivity contribution in [2.75, 3.05) is 33.2 Å². The van der Waals surface area contributed by atoms with E-state index in [-0.39, 0.29) is 10.8 Å². The van der Waals surface area contributed by atoms with Gasteiger partial charge in [0.25, 0.3) is 0 Å². The average Bonchev–Trinajstić information content (AvgIpc) is 3.12. The van der Waals surface area contributed by atoms with E-state index in [0.29, 0.717) is 5.52 Å². The van der Waals surface area contributed by atoms with Crippen LogP contribution < -0.4 is 5.73 Å². The molecule has 1 aliphatic rings. The van der Waals surface area contributed by atoms with Crippen LogP contribution in [0.4, 0.5) is 13.2 Å². The molecular formula is C20H21F3N6OS. The normalized spacial score (nSPS) is 17.2. The lowest BCUT2D eigenvalue weighted by molar-refractivity contribution is -0.141. The fourth-order valence-corrected chi connectivity index (χ4v) is 4.64. The van der Waals surface area contributed by atoms with Gasteiger partial charge in [-0.25, -0.2) is 15.0 Å². The molecule has 1 saturated heterocycles. The zero-order valence-corrected chi connectivity index (χ0v) is 17.6. The lowest BCUT2D eigenvalue weighted by Gasteiger charge is -2.32. The number of likely N-dealkylation sites (N-methyl/N-ethyl adjacent to an activating group) is 1. The van der Waals surface area contributed by atoms with Gasteiger partial charge in [-0.15, -0.1) is 11.3 Å². The van der Waals surface area contributed by atoms with E-state index in [1.54, 1.807) is 0 Å². The first kappa shape index (κ1) is 21.6. The van der Waals surface area contributed by atoms with Crippen LogP contribution in [0.25, 0.3) is 10.2 Å². The van der Waals surface area contributed by atoms with Gasteiger partial charge in [0.05, 0.1) is 10.2 Å². The minimum Gasteiger partial charge on any atom is -0.369 e. The Labute approximate surface area is 180 Å². The Hall–Kier alpha value is -2.63. The van der Waals surface area contributed by atoms with Crippen LogP contribution >= 0.6 is 11.3 Å². The molecule has 1 unspecified atom stereocenters. The molecular weight excluding hydrogens is 429 g/mol. The van der Waals surface area contributed by atoms with E-state index < -0.39 is 23.7 Å². The van der Waals surface area contributed by atoms with Crippen molar-refractivity contribution in [3.63, 3.8) is 0 Å². The lowest BCUT2D eigenvalue weighted by atomic mass is 10.1. The van der Waals surface area contributed by atoms with Gasteiger partial charge in [-0.3, -0.25) is 9.69 Å². The molecule has 2 N–H and O–H groups in total. The van der Waals surface area contributed by atoms with E-state index in [2.05, 4.69) is 31.8 Å². The van der Waals surface area contributed by atoms with E-state index >= 15 is 0 Å². The molecule has 0 radical (unpaired) electrons. The second kappa shape index (κ2) is 8.48. The SMILES string of the molecule is CN1CCN(Cc2ccc3nc(C(C(N)=O)c4nccc(C(F)(F)F)n4)sc3c2)CC1. The molecule has 3 aromatic rings. The monoisotopic (exact) mass is 450 g/mol. The highest BCUT2D eigenvalue weighted by Gasteiger charge is 2.35. The fraction of sp³-hybridized carbons (Fsp3) is 0.400. The third-order valence-electron chi connectivity index (χ3n) is 5.23. The van der Waals surface area contributed by atoms with Gasteiger partial charge in [-0.05, 0) is 30.8 Å². The summed E-state index contributed by atoms with van der Waals surface area (Å²) in [5, 5.41) is 0.276. The first-order valence-corrected chi connectivity index (χ1v) is 10.5. The summed E-state index contributed by atoms with van der Waals surface area (Å²) in [6, 6.07) is 6.58. The number of fused-ring (bicyclic) bond motifs is 1. The van der Waals surface area contributed by atoms with Crippen LogP contribution in [0.2, 0.25) is 0 Å². The van der Waals surface area contributed by atoms with Gasteiger partial charge in [0.1, 0.15) is 22.4 Å². The van der Waals surface area contributed by atoms with Crippen molar-refractivity contribution < 1.29 is 18.0 Å². The second-order valence-corrected chi connectivity index (χ2v) is 8.63. The predicted molar refractivity (Wildman–Crippen MR) is 110 cm³/mol. The van der Waals surface area contributed by atoms with Gasteiger partial charge >= 0.3 is 6.18 Å². The van der Waals surface area contributed by atoms with E-state index in [1.165, 1.54) is 11.3 Å². The third kappa shape index (κ3) is 4.83. The maximum atomic E-state index is 13.0. The molecule has 1 fully saturated rings. The number of hydrogen-bond acceptors (Lipinski definition) is 7. The number of amides is 1. The molecule has 1 amide bonds. The average molecular weight is 450 g/mol. The van der Waals surface area contributed by atoms with Crippen molar-refractivity contribution in [1.29, 1.82) is 0 Å². The highest BCUT2D eigenvalue weighted by atomic mass is 32.1. The molecule has 7 nitrogen and oxygen atoms in total. The van der Waals surface area contributed by atoms with Crippen LogP contribution in [0.5, 0.6) is 0 Å². The van der Waals surface area contributed by atoms with Crippen molar-refractivity contribution in [2.24, 2.45) is 5.73 Å². The smallest absolute Gasteiger partial charge is 0.369 e. The minimum atomic E-state index is -4.65. The molecule has 11 heteroatoms. The third-order valence-corrected chi connectivity index (χ3v) is 6.31. The summed E-state index contributed by atoms with van der Waals surface area (Å²) < 4.78 is 39.9. The van der Waals surface area contributed by atoms with Crippen molar-refractivity contribution in [3.8, 4) is 0 Å². The van der Waals surface area contributed by atoms with Crippen molar-refractivity contribution in [2.45, 2.75) is 18.6 Å². The lowest BCUT2D eigenvalue weighted by Crippen LogP contribution is -2.43. The number of alkyl halides is 3. The van der Waals surface area contributed by atoms with Crippen LogP contribution in [0.1, 0.15) is 28.0 Å². The fourth-order valence-electron chi connectivity index (χ4n) is 3.50. The summed E-state index contributed by atoms with van der Waals surface area (Å²) in [6.07, 6.45) is -3.67. The Morgan fingerprint density at radius 2 is 1.94 bits per heavy atom. The molecule has 0 aliphatic carbocycles. The minimum absolute atomic E-state index is 0.276. The summed E-state index contributed by atoms with van der Waals surface area (Å²) in [5.74, 6) is -2.41. The van der Waals surface area contributed by atoms with Gasteiger partial charge in [0, 0.05) is 38.9 Å². The van der Waals surface area contributed by atoms with Crippen molar-refractivity contribution in [1.82, 2.24) is 24.8 Å². The molecule has 0 bridgehead atoms. The Balaban J connectivity index is 1.62. The number of hydrogen-bond donors (Lipinski definition) is 1. The highest BCUT2D eigenvalue weighted by molar-refractivity contribution is 7.18. The largest absolute Gasteiger partial charge is 0.433 e. The summed E-state index contributed by atoms with van der Waals surface area (Å²) in [4.78, 5) is 28.6. The number of primary amides is 1. The molecule has 4 rings (SSSR count). The van der Waals surface area contributed by atoms with Crippen LogP contribution in [-0.4, -0.2) is 63.9 Å². The number of carbonyl (C=O) groups excluding carboxylic acids is 1. The standard InChI is InChI=1S/C20H21F3N6OS/c1-28-6-8-29(9-7-28)11-12-2-3-13-14(10-12)31-19(26-13)16(17(24)30)18-25-5-4-15(27-18)20(21,22)23/h2-5,10,16H,6-9,11H2,1H3,(H2,24,30). The number of nitrogens with two attached hydrogens (primary N) is 1. The number of piperazine rings is 1. The molecule has 0 saturated carbocycles. The van der Waals surface area contributed by atoms with Crippen LogP contribution in [0.15, 0.2) is 30.5 Å². The number of rotatable bonds is 5. The Kier molecular flexibility index (Phi) is 5.91. The first-order valence-electron chi connectivity index (χ1n) is 9.70. The zero-order chi connectivity index (χ0) is 22.2. The number of benzene rings is 1. The van der Waals surface area contributed by atoms with E-state index in [4.69, 9.17) is 5.73 Å². The predicted octanol–water partition coefficient (Wildman–Crippen LogP) is 2.47. The van der Waals surface area contributed by atoms with Crippen LogP contribution in [0, 0.1) is 0 Å². The van der Waals surface area contributed by atoms with Gasteiger partial charge in [-0.2, -0.15) is 13.2 Å². The number of halogens is 3.